The van der Waals surface area contributed by atoms with Crippen molar-refractivity contribution in [2.45, 2.75) is 25.4 Å². The van der Waals surface area contributed by atoms with Crippen LogP contribution in [0.25, 0.3) is 11.1 Å². The minimum Gasteiger partial charge on any atom is -0.481 e. The van der Waals surface area contributed by atoms with Crippen LogP contribution in [-0.4, -0.2) is 16.2 Å². The average Bonchev–Trinajstić information content (AvgIpc) is 2.46. The fourth-order valence-corrected chi connectivity index (χ4v) is 2.71. The van der Waals surface area contributed by atoms with Crippen molar-refractivity contribution in [1.82, 2.24) is 0 Å². The molecule has 0 radical (unpaired) electrons. The van der Waals surface area contributed by atoms with Crippen LogP contribution in [0, 0.1) is 0 Å². The summed E-state index contributed by atoms with van der Waals surface area (Å²) in [5.41, 5.74) is 1.71. The van der Waals surface area contributed by atoms with Crippen molar-refractivity contribution in [3.8, 4) is 11.1 Å². The van der Waals surface area contributed by atoms with Crippen LogP contribution in [0.15, 0.2) is 53.0 Å². The summed E-state index contributed by atoms with van der Waals surface area (Å²) in [6.07, 6.45) is 0.135. The molecule has 0 saturated carbocycles. The molecule has 0 heterocycles. The second-order valence-electron chi connectivity index (χ2n) is 5.22. The Hall–Kier alpha value is -1.65. The molecule has 2 aromatic carbocycles. The second-order valence-corrected chi connectivity index (χ2v) is 6.08. The zero-order valence-corrected chi connectivity index (χ0v) is 13.3. The molecule has 4 heteroatoms. The summed E-state index contributed by atoms with van der Waals surface area (Å²) in [6, 6.07) is 15.5. The summed E-state index contributed by atoms with van der Waals surface area (Å²) >= 11 is 3.52. The molecule has 0 aliphatic heterocycles. The first kappa shape index (κ1) is 15.7. The number of aliphatic carboxylic acids is 1. The van der Waals surface area contributed by atoms with Crippen molar-refractivity contribution < 1.29 is 15.0 Å². The van der Waals surface area contributed by atoms with Gasteiger partial charge in [0.1, 0.15) is 0 Å². The normalized spacial score (nSPS) is 13.7. The van der Waals surface area contributed by atoms with Gasteiger partial charge in [-0.25, -0.2) is 0 Å². The Morgan fingerprint density at radius 1 is 1.14 bits per heavy atom. The fourth-order valence-electron chi connectivity index (χ4n) is 2.20. The highest BCUT2D eigenvalue weighted by Crippen LogP contribution is 2.31. The molecule has 0 aromatic heterocycles. The van der Waals surface area contributed by atoms with Gasteiger partial charge in [-0.05, 0) is 36.1 Å². The Morgan fingerprint density at radius 2 is 1.76 bits per heavy atom. The van der Waals surface area contributed by atoms with Crippen LogP contribution in [0.3, 0.4) is 0 Å². The third-order valence-electron chi connectivity index (χ3n) is 3.52. The van der Waals surface area contributed by atoms with Gasteiger partial charge in [-0.1, -0.05) is 58.4 Å². The maximum absolute atomic E-state index is 10.6. The van der Waals surface area contributed by atoms with E-state index in [1.165, 1.54) is 0 Å². The van der Waals surface area contributed by atoms with Crippen molar-refractivity contribution in [2.75, 3.05) is 0 Å². The molecule has 0 aliphatic rings. The first-order valence-electron chi connectivity index (χ1n) is 6.70. The Morgan fingerprint density at radius 3 is 2.33 bits per heavy atom. The second kappa shape index (κ2) is 6.41. The van der Waals surface area contributed by atoms with E-state index in [2.05, 4.69) is 15.9 Å². The van der Waals surface area contributed by atoms with Gasteiger partial charge in [0.2, 0.25) is 0 Å². The zero-order valence-electron chi connectivity index (χ0n) is 11.7. The van der Waals surface area contributed by atoms with Crippen molar-refractivity contribution in [3.05, 3.63) is 58.6 Å². The first-order valence-corrected chi connectivity index (χ1v) is 7.49. The van der Waals surface area contributed by atoms with Gasteiger partial charge in [0.05, 0.1) is 5.60 Å². The number of carbonyl (C=O) groups is 1. The summed E-state index contributed by atoms with van der Waals surface area (Å²) in [7, 11) is 0. The number of benzene rings is 2. The van der Waals surface area contributed by atoms with E-state index in [1.54, 1.807) is 6.92 Å². The molecule has 0 saturated heterocycles. The Kier molecular flexibility index (Phi) is 4.80. The number of hydrogen-bond acceptors (Lipinski definition) is 2. The molecule has 110 valence electrons. The lowest BCUT2D eigenvalue weighted by Gasteiger charge is -2.23. The van der Waals surface area contributed by atoms with E-state index in [1.807, 2.05) is 48.5 Å². The SMILES string of the molecule is CC(O)(CCC(=O)O)c1ccc(-c2ccccc2Br)cc1. The van der Waals surface area contributed by atoms with Crippen molar-refractivity contribution in [3.63, 3.8) is 0 Å². The Balaban J connectivity index is 2.23. The highest BCUT2D eigenvalue weighted by Gasteiger charge is 2.23. The summed E-state index contributed by atoms with van der Waals surface area (Å²) in [4.78, 5) is 10.6. The van der Waals surface area contributed by atoms with E-state index in [4.69, 9.17) is 5.11 Å². The van der Waals surface area contributed by atoms with E-state index >= 15 is 0 Å². The van der Waals surface area contributed by atoms with Gasteiger partial charge < -0.3 is 10.2 Å². The molecule has 2 rings (SSSR count). The molecule has 0 amide bonds. The van der Waals surface area contributed by atoms with E-state index in [-0.39, 0.29) is 12.8 Å². The minimum atomic E-state index is -1.13. The van der Waals surface area contributed by atoms with Gasteiger partial charge in [0, 0.05) is 10.9 Å². The molecule has 0 spiro atoms. The molecular formula is C17H17BrO3. The largest absolute Gasteiger partial charge is 0.481 e. The summed E-state index contributed by atoms with van der Waals surface area (Å²) in [6.45, 7) is 1.64. The van der Waals surface area contributed by atoms with E-state index in [0.717, 1.165) is 21.2 Å². The third-order valence-corrected chi connectivity index (χ3v) is 4.21. The summed E-state index contributed by atoms with van der Waals surface area (Å²) in [5.74, 6) is -0.903. The molecule has 0 bridgehead atoms. The number of hydrogen-bond donors (Lipinski definition) is 2. The standard InChI is InChI=1S/C17H17BrO3/c1-17(21,11-10-16(19)20)13-8-6-12(7-9-13)14-4-2-3-5-15(14)18/h2-9,21H,10-11H2,1H3,(H,19,20). The van der Waals surface area contributed by atoms with E-state index in [9.17, 15) is 9.90 Å². The molecule has 0 fully saturated rings. The van der Waals surface area contributed by atoms with E-state index < -0.39 is 11.6 Å². The van der Waals surface area contributed by atoms with Crippen LogP contribution >= 0.6 is 15.9 Å². The number of carboxylic acids is 1. The van der Waals surface area contributed by atoms with Crippen molar-refractivity contribution >= 4 is 21.9 Å². The lowest BCUT2D eigenvalue weighted by Crippen LogP contribution is -2.22. The van der Waals surface area contributed by atoms with Gasteiger partial charge in [-0.15, -0.1) is 0 Å². The van der Waals surface area contributed by atoms with Crippen molar-refractivity contribution in [2.24, 2.45) is 0 Å². The predicted octanol–water partition coefficient (Wildman–Crippen LogP) is 4.19. The molecular weight excluding hydrogens is 332 g/mol. The molecule has 2 N–H and O–H groups in total. The van der Waals surface area contributed by atoms with Crippen LogP contribution in [0.5, 0.6) is 0 Å². The number of aliphatic hydroxyl groups is 1. The molecule has 21 heavy (non-hydrogen) atoms. The Labute approximate surface area is 132 Å². The smallest absolute Gasteiger partial charge is 0.303 e. The monoisotopic (exact) mass is 348 g/mol. The molecule has 0 aliphatic carbocycles. The number of rotatable bonds is 5. The predicted molar refractivity (Wildman–Crippen MR) is 86.0 cm³/mol. The highest BCUT2D eigenvalue weighted by molar-refractivity contribution is 9.10. The van der Waals surface area contributed by atoms with Crippen molar-refractivity contribution in [1.29, 1.82) is 0 Å². The fraction of sp³-hybridized carbons (Fsp3) is 0.235. The van der Waals surface area contributed by atoms with Gasteiger partial charge in [-0.2, -0.15) is 0 Å². The van der Waals surface area contributed by atoms with Crippen LogP contribution < -0.4 is 0 Å². The topological polar surface area (TPSA) is 57.5 Å². The minimum absolute atomic E-state index is 0.0566. The average molecular weight is 349 g/mol. The zero-order chi connectivity index (χ0) is 15.5. The van der Waals surface area contributed by atoms with Gasteiger partial charge in [-0.3, -0.25) is 4.79 Å². The van der Waals surface area contributed by atoms with Crippen LogP contribution in [0.4, 0.5) is 0 Å². The molecule has 3 nitrogen and oxygen atoms in total. The highest BCUT2D eigenvalue weighted by atomic mass is 79.9. The summed E-state index contributed by atoms with van der Waals surface area (Å²) in [5, 5.41) is 19.1. The first-order chi connectivity index (χ1) is 9.90. The van der Waals surface area contributed by atoms with Gasteiger partial charge in [0.15, 0.2) is 0 Å². The van der Waals surface area contributed by atoms with Crippen LogP contribution in [0.2, 0.25) is 0 Å². The third kappa shape index (κ3) is 3.93. The van der Waals surface area contributed by atoms with Gasteiger partial charge >= 0.3 is 5.97 Å². The molecule has 1 unspecified atom stereocenters. The van der Waals surface area contributed by atoms with Crippen LogP contribution in [0.1, 0.15) is 25.3 Å². The number of carboxylic acid groups (broad SMARTS) is 1. The molecule has 2 aromatic rings. The lowest BCUT2D eigenvalue weighted by atomic mass is 9.90. The van der Waals surface area contributed by atoms with Crippen LogP contribution in [-0.2, 0) is 10.4 Å². The van der Waals surface area contributed by atoms with E-state index in [0.29, 0.717) is 0 Å². The lowest BCUT2D eigenvalue weighted by molar-refractivity contribution is -0.138. The summed E-state index contributed by atoms with van der Waals surface area (Å²) < 4.78 is 1.01. The number of halogens is 1. The Bertz CT molecular complexity index is 633. The quantitative estimate of drug-likeness (QED) is 0.851. The maximum Gasteiger partial charge on any atom is 0.303 e. The van der Waals surface area contributed by atoms with Gasteiger partial charge in [0.25, 0.3) is 0 Å². The maximum atomic E-state index is 10.6. The molecule has 1 atom stereocenters.